The normalized spacial score (nSPS) is 10.4. The third kappa shape index (κ3) is 4.46. The molecule has 2 rings (SSSR count). The molecule has 5 heteroatoms. The highest BCUT2D eigenvalue weighted by atomic mass is 35.5. The van der Waals surface area contributed by atoms with E-state index in [-0.39, 0.29) is 6.42 Å². The molecular weight excluding hydrogens is 288 g/mol. The predicted octanol–water partition coefficient (Wildman–Crippen LogP) is 3.52. The van der Waals surface area contributed by atoms with Gasteiger partial charge in [0, 0.05) is 24.3 Å². The van der Waals surface area contributed by atoms with Crippen LogP contribution in [0, 0.1) is 6.92 Å². The van der Waals surface area contributed by atoms with E-state index < -0.39 is 5.97 Å². The topological polar surface area (TPSA) is 53.4 Å². The van der Waals surface area contributed by atoms with Crippen LogP contribution in [0.4, 0.5) is 5.82 Å². The number of aliphatic carboxylic acids is 1. The van der Waals surface area contributed by atoms with Crippen LogP contribution < -0.4 is 4.90 Å². The van der Waals surface area contributed by atoms with Crippen LogP contribution in [0.3, 0.4) is 0 Å². The van der Waals surface area contributed by atoms with Crippen LogP contribution in [0.2, 0.25) is 5.02 Å². The zero-order valence-electron chi connectivity index (χ0n) is 11.8. The lowest BCUT2D eigenvalue weighted by Crippen LogP contribution is -2.26. The average molecular weight is 305 g/mol. The lowest BCUT2D eigenvalue weighted by molar-refractivity contribution is -0.136. The van der Waals surface area contributed by atoms with Gasteiger partial charge in [0.25, 0.3) is 0 Å². The van der Waals surface area contributed by atoms with Gasteiger partial charge in [-0.25, -0.2) is 4.98 Å². The SMILES string of the molecule is Cc1ccc(N(CCC(=O)O)Cc2ccccc2Cl)nc1. The molecule has 0 saturated carbocycles. The molecule has 1 aromatic carbocycles. The molecule has 0 bridgehead atoms. The molecule has 0 aliphatic heterocycles. The first-order valence-electron chi connectivity index (χ1n) is 6.69. The Kier molecular flexibility index (Phi) is 5.17. The number of carboxylic acids is 1. The number of hydrogen-bond donors (Lipinski definition) is 1. The number of nitrogens with zero attached hydrogens (tertiary/aromatic N) is 2. The number of hydrogen-bond acceptors (Lipinski definition) is 3. The third-order valence-corrected chi connectivity index (χ3v) is 3.50. The molecule has 0 aliphatic rings. The summed E-state index contributed by atoms with van der Waals surface area (Å²) in [6.45, 7) is 2.88. The molecule has 0 unspecified atom stereocenters. The molecular formula is C16H17ClN2O2. The number of carboxylic acid groups (broad SMARTS) is 1. The van der Waals surface area contributed by atoms with Gasteiger partial charge in [-0.3, -0.25) is 4.79 Å². The summed E-state index contributed by atoms with van der Waals surface area (Å²) in [6, 6.07) is 11.4. The Labute approximate surface area is 129 Å². The van der Waals surface area contributed by atoms with E-state index in [1.165, 1.54) is 0 Å². The van der Waals surface area contributed by atoms with E-state index in [0.717, 1.165) is 16.9 Å². The highest BCUT2D eigenvalue weighted by Crippen LogP contribution is 2.20. The van der Waals surface area contributed by atoms with E-state index in [1.807, 2.05) is 48.2 Å². The average Bonchev–Trinajstić information content (AvgIpc) is 2.46. The maximum absolute atomic E-state index is 10.8. The van der Waals surface area contributed by atoms with Gasteiger partial charge in [0.05, 0.1) is 6.42 Å². The van der Waals surface area contributed by atoms with Crippen molar-refractivity contribution in [3.05, 3.63) is 58.7 Å². The van der Waals surface area contributed by atoms with E-state index in [2.05, 4.69) is 4.98 Å². The van der Waals surface area contributed by atoms with Gasteiger partial charge >= 0.3 is 5.97 Å². The van der Waals surface area contributed by atoms with Gasteiger partial charge in [0.1, 0.15) is 5.82 Å². The van der Waals surface area contributed by atoms with Crippen LogP contribution >= 0.6 is 11.6 Å². The Balaban J connectivity index is 2.21. The van der Waals surface area contributed by atoms with Crippen molar-refractivity contribution in [1.82, 2.24) is 4.98 Å². The summed E-state index contributed by atoms with van der Waals surface area (Å²) in [4.78, 5) is 17.1. The summed E-state index contributed by atoms with van der Waals surface area (Å²) < 4.78 is 0. The molecule has 2 aromatic rings. The van der Waals surface area contributed by atoms with E-state index in [1.54, 1.807) is 6.20 Å². The third-order valence-electron chi connectivity index (χ3n) is 3.13. The Morgan fingerprint density at radius 1 is 1.29 bits per heavy atom. The molecule has 21 heavy (non-hydrogen) atoms. The number of halogens is 1. The van der Waals surface area contributed by atoms with E-state index in [4.69, 9.17) is 16.7 Å². The Morgan fingerprint density at radius 3 is 2.67 bits per heavy atom. The Hall–Kier alpha value is -2.07. The maximum Gasteiger partial charge on any atom is 0.305 e. The molecule has 0 saturated heterocycles. The van der Waals surface area contributed by atoms with Crippen molar-refractivity contribution in [3.8, 4) is 0 Å². The van der Waals surface area contributed by atoms with Crippen LogP contribution in [-0.4, -0.2) is 22.6 Å². The molecule has 4 nitrogen and oxygen atoms in total. The number of rotatable bonds is 6. The van der Waals surface area contributed by atoms with Gasteiger partial charge in [0.2, 0.25) is 0 Å². The maximum atomic E-state index is 10.8. The fraction of sp³-hybridized carbons (Fsp3) is 0.250. The Morgan fingerprint density at radius 2 is 2.05 bits per heavy atom. The fourth-order valence-corrected chi connectivity index (χ4v) is 2.18. The highest BCUT2D eigenvalue weighted by molar-refractivity contribution is 6.31. The first-order chi connectivity index (χ1) is 10.1. The lowest BCUT2D eigenvalue weighted by atomic mass is 10.2. The highest BCUT2D eigenvalue weighted by Gasteiger charge is 2.12. The molecule has 1 heterocycles. The van der Waals surface area contributed by atoms with Gasteiger partial charge in [-0.05, 0) is 30.2 Å². The van der Waals surface area contributed by atoms with Gasteiger partial charge in [-0.1, -0.05) is 35.9 Å². The van der Waals surface area contributed by atoms with Gasteiger partial charge in [-0.15, -0.1) is 0 Å². The second kappa shape index (κ2) is 7.09. The van der Waals surface area contributed by atoms with E-state index in [9.17, 15) is 4.79 Å². The first kappa shape index (κ1) is 15.3. The van der Waals surface area contributed by atoms with Crippen LogP contribution in [0.5, 0.6) is 0 Å². The summed E-state index contributed by atoms with van der Waals surface area (Å²) in [5.41, 5.74) is 2.02. The number of aryl methyl sites for hydroxylation is 1. The van der Waals surface area contributed by atoms with Crippen LogP contribution in [-0.2, 0) is 11.3 Å². The molecule has 0 radical (unpaired) electrons. The minimum absolute atomic E-state index is 0.0556. The molecule has 0 aliphatic carbocycles. The van der Waals surface area contributed by atoms with Gasteiger partial charge in [0.15, 0.2) is 0 Å². The van der Waals surface area contributed by atoms with Crippen LogP contribution in [0.15, 0.2) is 42.6 Å². The Bertz CT molecular complexity index is 614. The standard InChI is InChI=1S/C16H17ClN2O2/c1-12-6-7-15(18-10-12)19(9-8-16(20)21)11-13-4-2-3-5-14(13)17/h2-7,10H,8-9,11H2,1H3,(H,20,21). The smallest absolute Gasteiger partial charge is 0.305 e. The van der Waals surface area contributed by atoms with E-state index >= 15 is 0 Å². The van der Waals surface area contributed by atoms with Gasteiger partial charge < -0.3 is 10.0 Å². The van der Waals surface area contributed by atoms with Crippen molar-refractivity contribution in [3.63, 3.8) is 0 Å². The van der Waals surface area contributed by atoms with Crippen molar-refractivity contribution < 1.29 is 9.90 Å². The molecule has 0 fully saturated rings. The minimum Gasteiger partial charge on any atom is -0.481 e. The first-order valence-corrected chi connectivity index (χ1v) is 7.07. The molecule has 0 amide bonds. The minimum atomic E-state index is -0.828. The zero-order valence-corrected chi connectivity index (χ0v) is 12.5. The monoisotopic (exact) mass is 304 g/mol. The van der Waals surface area contributed by atoms with Gasteiger partial charge in [-0.2, -0.15) is 0 Å². The zero-order chi connectivity index (χ0) is 15.2. The number of benzene rings is 1. The summed E-state index contributed by atoms with van der Waals surface area (Å²) in [6.07, 6.45) is 1.83. The summed E-state index contributed by atoms with van der Waals surface area (Å²) in [5.74, 6) is -0.0759. The number of aromatic nitrogens is 1. The second-order valence-corrected chi connectivity index (χ2v) is 5.26. The number of carbonyl (C=O) groups is 1. The largest absolute Gasteiger partial charge is 0.481 e. The summed E-state index contributed by atoms with van der Waals surface area (Å²) >= 11 is 6.18. The summed E-state index contributed by atoms with van der Waals surface area (Å²) in [5, 5.41) is 9.57. The molecule has 1 aromatic heterocycles. The number of pyridine rings is 1. The summed E-state index contributed by atoms with van der Waals surface area (Å²) in [7, 11) is 0. The van der Waals surface area contributed by atoms with Crippen LogP contribution in [0.25, 0.3) is 0 Å². The van der Waals surface area contributed by atoms with Crippen molar-refractivity contribution in [2.45, 2.75) is 19.9 Å². The quantitative estimate of drug-likeness (QED) is 0.887. The van der Waals surface area contributed by atoms with Crippen molar-refractivity contribution in [2.75, 3.05) is 11.4 Å². The van der Waals surface area contributed by atoms with Crippen molar-refractivity contribution >= 4 is 23.4 Å². The van der Waals surface area contributed by atoms with E-state index in [0.29, 0.717) is 18.1 Å². The van der Waals surface area contributed by atoms with Crippen molar-refractivity contribution in [1.29, 1.82) is 0 Å². The fourth-order valence-electron chi connectivity index (χ4n) is 1.98. The van der Waals surface area contributed by atoms with Crippen molar-refractivity contribution in [2.24, 2.45) is 0 Å². The lowest BCUT2D eigenvalue weighted by Gasteiger charge is -2.23. The number of anilines is 1. The second-order valence-electron chi connectivity index (χ2n) is 4.85. The van der Waals surface area contributed by atoms with Crippen LogP contribution in [0.1, 0.15) is 17.5 Å². The molecule has 0 atom stereocenters. The molecule has 110 valence electrons. The molecule has 1 N–H and O–H groups in total. The predicted molar refractivity (Wildman–Crippen MR) is 83.7 cm³/mol. The molecule has 0 spiro atoms.